The molecule has 1 amide bonds. The van der Waals surface area contributed by atoms with Crippen LogP contribution in [0.15, 0.2) is 0 Å². The van der Waals surface area contributed by atoms with Gasteiger partial charge in [0, 0.05) is 0 Å². The number of aliphatic carboxylic acids is 1. The summed E-state index contributed by atoms with van der Waals surface area (Å²) in [6.45, 7) is 2.33. The minimum atomic E-state index is -4.63. The lowest BCUT2D eigenvalue weighted by Gasteiger charge is -2.32. The van der Waals surface area contributed by atoms with E-state index in [0.29, 0.717) is 6.54 Å². The molecule has 0 saturated carbocycles. The smallest absolute Gasteiger partial charge is 0.406 e. The maximum Gasteiger partial charge on any atom is 0.406 e. The van der Waals surface area contributed by atoms with Crippen LogP contribution >= 0.6 is 0 Å². The molecule has 0 aromatic rings. The van der Waals surface area contributed by atoms with Crippen molar-refractivity contribution in [1.82, 2.24) is 10.2 Å². The van der Waals surface area contributed by atoms with Gasteiger partial charge in [0.15, 0.2) is 0 Å². The zero-order valence-corrected chi connectivity index (χ0v) is 10.5. The summed E-state index contributed by atoms with van der Waals surface area (Å²) in [6.07, 6.45) is -4.63. The molecule has 0 bridgehead atoms. The van der Waals surface area contributed by atoms with Crippen LogP contribution in [0, 0.1) is 0 Å². The predicted octanol–water partition coefficient (Wildman–Crippen LogP) is 0.850. The van der Waals surface area contributed by atoms with Crippen LogP contribution in [0.4, 0.5) is 13.2 Å². The molecule has 0 aliphatic carbocycles. The van der Waals surface area contributed by atoms with Gasteiger partial charge in [0.2, 0.25) is 5.91 Å². The molecule has 18 heavy (non-hydrogen) atoms. The summed E-state index contributed by atoms with van der Waals surface area (Å²) in [6, 6.07) is 0. The molecule has 0 aliphatic rings. The Morgan fingerprint density at radius 3 is 2.11 bits per heavy atom. The van der Waals surface area contributed by atoms with Gasteiger partial charge in [0.1, 0.15) is 13.1 Å². The van der Waals surface area contributed by atoms with E-state index in [-0.39, 0.29) is 4.90 Å². The number of carbonyl (C=O) groups is 2. The van der Waals surface area contributed by atoms with E-state index in [4.69, 9.17) is 5.11 Å². The summed E-state index contributed by atoms with van der Waals surface area (Å²) in [5.74, 6) is -2.39. The average molecular weight is 270 g/mol. The van der Waals surface area contributed by atoms with E-state index in [1.165, 1.54) is 13.8 Å². The van der Waals surface area contributed by atoms with Gasteiger partial charge in [-0.1, -0.05) is 6.92 Å². The molecule has 0 heterocycles. The monoisotopic (exact) mass is 270 g/mol. The first-order valence-corrected chi connectivity index (χ1v) is 5.32. The lowest BCUT2D eigenvalue weighted by Crippen LogP contribution is -2.56. The van der Waals surface area contributed by atoms with Crippen molar-refractivity contribution in [2.75, 3.05) is 19.6 Å². The Kier molecular flexibility index (Phi) is 5.59. The average Bonchev–Trinajstić information content (AvgIpc) is 2.12. The fraction of sp³-hybridized carbons (Fsp3) is 0.800. The van der Waals surface area contributed by atoms with Crippen molar-refractivity contribution in [3.63, 3.8) is 0 Å². The number of carboxylic acid groups (broad SMARTS) is 1. The maximum absolute atomic E-state index is 12.3. The van der Waals surface area contributed by atoms with Gasteiger partial charge in [-0.05, 0) is 20.4 Å². The second kappa shape index (κ2) is 6.03. The van der Waals surface area contributed by atoms with Crippen LogP contribution in [0.2, 0.25) is 0 Å². The van der Waals surface area contributed by atoms with E-state index in [1.807, 2.05) is 0 Å². The SMILES string of the molecule is CCNC(C)(C)C(=O)N(CC(=O)O)CC(F)(F)F. The molecule has 0 rings (SSSR count). The third-order valence-corrected chi connectivity index (χ3v) is 2.14. The molecular formula is C10H17F3N2O3. The van der Waals surface area contributed by atoms with E-state index >= 15 is 0 Å². The maximum atomic E-state index is 12.3. The number of likely N-dealkylation sites (N-methyl/N-ethyl adjacent to an activating group) is 1. The molecule has 106 valence electrons. The molecule has 5 nitrogen and oxygen atoms in total. The molecule has 0 aromatic carbocycles. The summed E-state index contributed by atoms with van der Waals surface area (Å²) in [5, 5.41) is 11.3. The van der Waals surface area contributed by atoms with Gasteiger partial charge in [-0.3, -0.25) is 9.59 Å². The minimum absolute atomic E-state index is 0.283. The molecule has 0 saturated heterocycles. The van der Waals surface area contributed by atoms with E-state index < -0.39 is 36.7 Å². The third kappa shape index (κ3) is 5.85. The highest BCUT2D eigenvalue weighted by Gasteiger charge is 2.39. The first kappa shape index (κ1) is 16.7. The Bertz CT molecular complexity index is 316. The second-order valence-electron chi connectivity index (χ2n) is 4.33. The van der Waals surface area contributed by atoms with Crippen LogP contribution in [-0.4, -0.2) is 53.2 Å². The van der Waals surface area contributed by atoms with Crippen molar-refractivity contribution in [1.29, 1.82) is 0 Å². The number of nitrogens with zero attached hydrogens (tertiary/aromatic N) is 1. The third-order valence-electron chi connectivity index (χ3n) is 2.14. The first-order chi connectivity index (χ1) is 7.99. The molecule has 0 atom stereocenters. The molecule has 0 fully saturated rings. The lowest BCUT2D eigenvalue weighted by molar-refractivity contribution is -0.168. The second-order valence-corrected chi connectivity index (χ2v) is 4.33. The van der Waals surface area contributed by atoms with Crippen molar-refractivity contribution in [2.24, 2.45) is 0 Å². The van der Waals surface area contributed by atoms with Crippen molar-refractivity contribution in [3.8, 4) is 0 Å². The largest absolute Gasteiger partial charge is 0.480 e. The number of carboxylic acids is 1. The number of amides is 1. The van der Waals surface area contributed by atoms with Crippen molar-refractivity contribution in [3.05, 3.63) is 0 Å². The summed E-state index contributed by atoms with van der Waals surface area (Å²) in [4.78, 5) is 22.7. The number of rotatable bonds is 6. The summed E-state index contributed by atoms with van der Waals surface area (Å²) < 4.78 is 36.8. The van der Waals surface area contributed by atoms with Crippen LogP contribution in [0.1, 0.15) is 20.8 Å². The zero-order chi connectivity index (χ0) is 14.6. The number of hydrogen-bond acceptors (Lipinski definition) is 3. The van der Waals surface area contributed by atoms with E-state index in [9.17, 15) is 22.8 Å². The van der Waals surface area contributed by atoms with Crippen molar-refractivity contribution < 1.29 is 27.9 Å². The summed E-state index contributed by atoms with van der Waals surface area (Å²) in [7, 11) is 0. The van der Waals surface area contributed by atoms with Gasteiger partial charge < -0.3 is 15.3 Å². The Balaban J connectivity index is 4.95. The van der Waals surface area contributed by atoms with E-state index in [2.05, 4.69) is 5.32 Å². The molecule has 0 unspecified atom stereocenters. The minimum Gasteiger partial charge on any atom is -0.480 e. The highest BCUT2D eigenvalue weighted by atomic mass is 19.4. The Hall–Kier alpha value is -1.31. The lowest BCUT2D eigenvalue weighted by atomic mass is 10.0. The molecule has 0 radical (unpaired) electrons. The van der Waals surface area contributed by atoms with Crippen molar-refractivity contribution >= 4 is 11.9 Å². The Labute approximate surface area is 103 Å². The molecule has 0 spiro atoms. The van der Waals surface area contributed by atoms with Gasteiger partial charge in [0.25, 0.3) is 0 Å². The van der Waals surface area contributed by atoms with Gasteiger partial charge >= 0.3 is 12.1 Å². The van der Waals surface area contributed by atoms with Gasteiger partial charge in [-0.15, -0.1) is 0 Å². The van der Waals surface area contributed by atoms with Crippen LogP contribution in [0.3, 0.4) is 0 Å². The normalized spacial score (nSPS) is 12.3. The first-order valence-electron chi connectivity index (χ1n) is 5.32. The molecule has 0 aliphatic heterocycles. The van der Waals surface area contributed by atoms with Gasteiger partial charge in [-0.2, -0.15) is 13.2 Å². The zero-order valence-electron chi connectivity index (χ0n) is 10.5. The Morgan fingerprint density at radius 2 is 1.78 bits per heavy atom. The number of carbonyl (C=O) groups excluding carboxylic acids is 1. The molecule has 0 aromatic heterocycles. The highest BCUT2D eigenvalue weighted by molar-refractivity contribution is 5.88. The molecular weight excluding hydrogens is 253 g/mol. The standard InChI is InChI=1S/C10H17F3N2O3/c1-4-14-9(2,3)8(18)15(5-7(16)17)6-10(11,12)13/h14H,4-6H2,1-3H3,(H,16,17). The number of alkyl halides is 3. The van der Waals surface area contributed by atoms with E-state index in [1.54, 1.807) is 6.92 Å². The van der Waals surface area contributed by atoms with Crippen molar-refractivity contribution in [2.45, 2.75) is 32.5 Å². The summed E-state index contributed by atoms with van der Waals surface area (Å²) in [5.41, 5.74) is -1.24. The van der Waals surface area contributed by atoms with Crippen LogP contribution in [0.25, 0.3) is 0 Å². The predicted molar refractivity (Wildman–Crippen MR) is 58.0 cm³/mol. The van der Waals surface area contributed by atoms with Crippen LogP contribution in [0.5, 0.6) is 0 Å². The molecule has 8 heteroatoms. The number of halogens is 3. The number of nitrogens with one attached hydrogen (secondary N) is 1. The number of hydrogen-bond donors (Lipinski definition) is 2. The Morgan fingerprint density at radius 1 is 1.28 bits per heavy atom. The summed E-state index contributed by atoms with van der Waals surface area (Å²) >= 11 is 0. The molecule has 2 N–H and O–H groups in total. The fourth-order valence-electron chi connectivity index (χ4n) is 1.49. The topological polar surface area (TPSA) is 69.6 Å². The van der Waals surface area contributed by atoms with Crippen LogP contribution in [-0.2, 0) is 9.59 Å². The highest BCUT2D eigenvalue weighted by Crippen LogP contribution is 2.18. The van der Waals surface area contributed by atoms with Crippen LogP contribution < -0.4 is 5.32 Å². The quantitative estimate of drug-likeness (QED) is 0.750. The fourth-order valence-corrected chi connectivity index (χ4v) is 1.49. The van der Waals surface area contributed by atoms with E-state index in [0.717, 1.165) is 0 Å². The van der Waals surface area contributed by atoms with Gasteiger partial charge in [-0.25, -0.2) is 0 Å². The van der Waals surface area contributed by atoms with Gasteiger partial charge in [0.05, 0.1) is 5.54 Å².